The minimum absolute atomic E-state index is 0.270. The summed E-state index contributed by atoms with van der Waals surface area (Å²) in [5.41, 5.74) is -0.270. The largest absolute Gasteiger partial charge is 0.370 e. The van der Waals surface area contributed by atoms with E-state index in [1.54, 1.807) is 7.11 Å². The summed E-state index contributed by atoms with van der Waals surface area (Å²) >= 11 is 0. The first-order chi connectivity index (χ1) is 9.20. The van der Waals surface area contributed by atoms with Crippen molar-refractivity contribution in [2.45, 2.75) is 64.0 Å². The molecule has 1 unspecified atom stereocenters. The standard InChI is InChI=1S/C14H25N3O2/c1-4-10-15-11(2)6-7-12-16-13(17-19-12)14(18-3)8-5-9-14/h11,15H,4-10H2,1-3H3. The first-order valence-electron chi connectivity index (χ1n) is 7.32. The second-order valence-electron chi connectivity index (χ2n) is 5.46. The lowest BCUT2D eigenvalue weighted by atomic mass is 9.79. The molecule has 1 aromatic heterocycles. The fourth-order valence-electron chi connectivity index (χ4n) is 2.39. The summed E-state index contributed by atoms with van der Waals surface area (Å²) in [7, 11) is 1.73. The van der Waals surface area contributed by atoms with Crippen molar-refractivity contribution < 1.29 is 9.26 Å². The number of rotatable bonds is 8. The lowest BCUT2D eigenvalue weighted by Gasteiger charge is -2.37. The van der Waals surface area contributed by atoms with Crippen LogP contribution in [0, 0.1) is 0 Å². The predicted molar refractivity (Wildman–Crippen MR) is 72.9 cm³/mol. The molecule has 2 rings (SSSR count). The van der Waals surface area contributed by atoms with Crippen LogP contribution in [0.2, 0.25) is 0 Å². The molecule has 19 heavy (non-hydrogen) atoms. The average Bonchev–Trinajstić information content (AvgIpc) is 2.82. The van der Waals surface area contributed by atoms with E-state index in [1.807, 2.05) is 0 Å². The van der Waals surface area contributed by atoms with Crippen LogP contribution in [0.4, 0.5) is 0 Å². The van der Waals surface area contributed by atoms with Gasteiger partial charge in [-0.2, -0.15) is 4.98 Å². The lowest BCUT2D eigenvalue weighted by molar-refractivity contribution is -0.0858. The molecule has 1 atom stereocenters. The van der Waals surface area contributed by atoms with Gasteiger partial charge in [-0.25, -0.2) is 0 Å². The summed E-state index contributed by atoms with van der Waals surface area (Å²) < 4.78 is 10.9. The van der Waals surface area contributed by atoms with Crippen LogP contribution in [0.5, 0.6) is 0 Å². The molecule has 1 saturated carbocycles. The Bertz CT molecular complexity index is 382. The third kappa shape index (κ3) is 3.34. The number of nitrogens with zero attached hydrogens (tertiary/aromatic N) is 2. The highest BCUT2D eigenvalue weighted by atomic mass is 16.5. The quantitative estimate of drug-likeness (QED) is 0.783. The zero-order valence-corrected chi connectivity index (χ0v) is 12.2. The van der Waals surface area contributed by atoms with Crippen LogP contribution in [0.25, 0.3) is 0 Å². The van der Waals surface area contributed by atoms with Crippen LogP contribution < -0.4 is 5.32 Å². The van der Waals surface area contributed by atoms with Gasteiger partial charge in [0.25, 0.3) is 0 Å². The lowest BCUT2D eigenvalue weighted by Crippen LogP contribution is -2.37. The molecule has 0 radical (unpaired) electrons. The minimum atomic E-state index is -0.270. The van der Waals surface area contributed by atoms with E-state index in [2.05, 4.69) is 29.3 Å². The Kier molecular flexibility index (Phi) is 4.93. The summed E-state index contributed by atoms with van der Waals surface area (Å²) in [4.78, 5) is 4.50. The Morgan fingerprint density at radius 3 is 2.84 bits per heavy atom. The van der Waals surface area contributed by atoms with Gasteiger partial charge in [-0.1, -0.05) is 12.1 Å². The van der Waals surface area contributed by atoms with Crippen LogP contribution in [0.3, 0.4) is 0 Å². The van der Waals surface area contributed by atoms with E-state index in [-0.39, 0.29) is 5.60 Å². The SMILES string of the molecule is CCCNC(C)CCc1nc(C2(OC)CCC2)no1. The maximum atomic E-state index is 5.55. The third-order valence-corrected chi connectivity index (χ3v) is 3.96. The number of nitrogens with one attached hydrogen (secondary N) is 1. The molecule has 1 N–H and O–H groups in total. The fourth-order valence-corrected chi connectivity index (χ4v) is 2.39. The number of aryl methyl sites for hydroxylation is 1. The van der Waals surface area contributed by atoms with E-state index in [4.69, 9.17) is 9.26 Å². The first kappa shape index (κ1) is 14.5. The van der Waals surface area contributed by atoms with Crippen LogP contribution in [0.15, 0.2) is 4.52 Å². The number of aromatic nitrogens is 2. The van der Waals surface area contributed by atoms with Gasteiger partial charge in [0.05, 0.1) is 0 Å². The molecule has 0 spiro atoms. The van der Waals surface area contributed by atoms with Crippen molar-refractivity contribution in [1.29, 1.82) is 0 Å². The second-order valence-corrected chi connectivity index (χ2v) is 5.46. The Morgan fingerprint density at radius 1 is 1.47 bits per heavy atom. The summed E-state index contributed by atoms with van der Waals surface area (Å²) in [5, 5.41) is 7.55. The zero-order valence-electron chi connectivity index (χ0n) is 12.2. The van der Waals surface area contributed by atoms with Crippen molar-refractivity contribution in [1.82, 2.24) is 15.5 Å². The maximum Gasteiger partial charge on any atom is 0.226 e. The molecular formula is C14H25N3O2. The molecule has 5 nitrogen and oxygen atoms in total. The molecule has 1 fully saturated rings. The molecule has 0 saturated heterocycles. The van der Waals surface area contributed by atoms with Gasteiger partial charge in [0.1, 0.15) is 5.60 Å². The van der Waals surface area contributed by atoms with Crippen molar-refractivity contribution in [2.75, 3.05) is 13.7 Å². The van der Waals surface area contributed by atoms with E-state index in [0.29, 0.717) is 6.04 Å². The van der Waals surface area contributed by atoms with Gasteiger partial charge in [0.15, 0.2) is 0 Å². The van der Waals surface area contributed by atoms with Crippen LogP contribution in [-0.4, -0.2) is 29.8 Å². The highest BCUT2D eigenvalue weighted by molar-refractivity contribution is 5.06. The molecule has 0 aliphatic heterocycles. The molecule has 0 aromatic carbocycles. The molecule has 1 aliphatic rings. The van der Waals surface area contributed by atoms with E-state index in [1.165, 1.54) is 6.42 Å². The maximum absolute atomic E-state index is 5.55. The van der Waals surface area contributed by atoms with E-state index < -0.39 is 0 Å². The van der Waals surface area contributed by atoms with Gasteiger partial charge in [0.2, 0.25) is 11.7 Å². The van der Waals surface area contributed by atoms with Crippen LogP contribution >= 0.6 is 0 Å². The van der Waals surface area contributed by atoms with Gasteiger partial charge < -0.3 is 14.6 Å². The first-order valence-corrected chi connectivity index (χ1v) is 7.32. The summed E-state index contributed by atoms with van der Waals surface area (Å²) in [6.07, 6.45) is 6.17. The second kappa shape index (κ2) is 6.48. The highest BCUT2D eigenvalue weighted by Gasteiger charge is 2.43. The van der Waals surface area contributed by atoms with Crippen molar-refractivity contribution in [3.8, 4) is 0 Å². The summed E-state index contributed by atoms with van der Waals surface area (Å²) in [6.45, 7) is 5.42. The van der Waals surface area contributed by atoms with Crippen molar-refractivity contribution in [3.05, 3.63) is 11.7 Å². The Hall–Kier alpha value is -0.940. The third-order valence-electron chi connectivity index (χ3n) is 3.96. The molecule has 5 heteroatoms. The Morgan fingerprint density at radius 2 is 2.26 bits per heavy atom. The van der Waals surface area contributed by atoms with Crippen molar-refractivity contribution in [3.63, 3.8) is 0 Å². The number of methoxy groups -OCH3 is 1. The molecule has 108 valence electrons. The van der Waals surface area contributed by atoms with Crippen LogP contribution in [-0.2, 0) is 16.8 Å². The Labute approximate surface area is 115 Å². The molecule has 0 amide bonds. The van der Waals surface area contributed by atoms with E-state index in [9.17, 15) is 0 Å². The summed E-state index contributed by atoms with van der Waals surface area (Å²) in [6, 6.07) is 0.482. The number of ether oxygens (including phenoxy) is 1. The molecular weight excluding hydrogens is 242 g/mol. The van der Waals surface area contributed by atoms with Crippen molar-refractivity contribution >= 4 is 0 Å². The molecule has 0 bridgehead atoms. The number of hydrogen-bond donors (Lipinski definition) is 1. The van der Waals surface area contributed by atoms with Gasteiger partial charge in [-0.15, -0.1) is 0 Å². The topological polar surface area (TPSA) is 60.2 Å². The minimum Gasteiger partial charge on any atom is -0.370 e. The molecule has 1 aliphatic carbocycles. The van der Waals surface area contributed by atoms with Crippen molar-refractivity contribution in [2.24, 2.45) is 0 Å². The highest BCUT2D eigenvalue weighted by Crippen LogP contribution is 2.42. The zero-order chi connectivity index (χ0) is 13.7. The van der Waals surface area contributed by atoms with Gasteiger partial charge in [-0.3, -0.25) is 0 Å². The van der Waals surface area contributed by atoms with Gasteiger partial charge in [-0.05, 0) is 45.6 Å². The molecule has 1 aromatic rings. The Balaban J connectivity index is 1.84. The van der Waals surface area contributed by atoms with Crippen LogP contribution in [0.1, 0.15) is 57.7 Å². The van der Waals surface area contributed by atoms with E-state index >= 15 is 0 Å². The van der Waals surface area contributed by atoms with E-state index in [0.717, 1.165) is 50.4 Å². The summed E-state index contributed by atoms with van der Waals surface area (Å²) in [5.74, 6) is 1.45. The van der Waals surface area contributed by atoms with Gasteiger partial charge in [0, 0.05) is 19.6 Å². The normalized spacial score (nSPS) is 19.1. The smallest absolute Gasteiger partial charge is 0.226 e. The predicted octanol–water partition coefficient (Wildman–Crippen LogP) is 2.42. The molecule has 1 heterocycles. The monoisotopic (exact) mass is 267 g/mol. The number of hydrogen-bond acceptors (Lipinski definition) is 5. The van der Waals surface area contributed by atoms with Gasteiger partial charge >= 0.3 is 0 Å². The average molecular weight is 267 g/mol. The fraction of sp³-hybridized carbons (Fsp3) is 0.857.